The van der Waals surface area contributed by atoms with Crippen LogP contribution in [0.15, 0.2) is 30.3 Å². The third-order valence-electron chi connectivity index (χ3n) is 4.22. The van der Waals surface area contributed by atoms with Gasteiger partial charge in [0.15, 0.2) is 0 Å². The number of amides is 2. The monoisotopic (exact) mass is 290 g/mol. The Morgan fingerprint density at radius 2 is 1.95 bits per heavy atom. The molecule has 1 aromatic rings. The molecule has 1 aromatic carbocycles. The maximum Gasteiger partial charge on any atom is 0.322 e. The zero-order valence-electron chi connectivity index (χ0n) is 12.3. The van der Waals surface area contributed by atoms with Gasteiger partial charge in [-0.15, -0.1) is 0 Å². The molecule has 1 aliphatic carbocycles. The average Bonchev–Trinajstić information content (AvgIpc) is 2.44. The number of carboxylic acid groups (broad SMARTS) is 1. The van der Waals surface area contributed by atoms with Crippen LogP contribution in [-0.4, -0.2) is 29.2 Å². The number of hydrogen-bond donors (Lipinski definition) is 2. The first-order chi connectivity index (χ1) is 10.1. The minimum atomic E-state index is -0.905. The molecule has 0 saturated heterocycles. The zero-order chi connectivity index (χ0) is 15.3. The summed E-state index contributed by atoms with van der Waals surface area (Å²) in [5, 5.41) is 12.0. The van der Waals surface area contributed by atoms with Crippen molar-refractivity contribution in [3.8, 4) is 0 Å². The molecular formula is C16H22N2O3. The van der Waals surface area contributed by atoms with Gasteiger partial charge in [-0.3, -0.25) is 9.69 Å². The van der Waals surface area contributed by atoms with E-state index in [1.165, 1.54) is 4.90 Å². The fourth-order valence-electron chi connectivity index (χ4n) is 2.63. The number of nitrogens with zero attached hydrogens (tertiary/aromatic N) is 1. The van der Waals surface area contributed by atoms with Gasteiger partial charge in [0.1, 0.15) is 0 Å². The van der Waals surface area contributed by atoms with E-state index in [9.17, 15) is 9.59 Å². The van der Waals surface area contributed by atoms with Crippen molar-refractivity contribution in [3.63, 3.8) is 0 Å². The number of rotatable bonds is 6. The van der Waals surface area contributed by atoms with Gasteiger partial charge in [0.05, 0.1) is 6.42 Å². The van der Waals surface area contributed by atoms with Crippen LogP contribution in [0.2, 0.25) is 0 Å². The van der Waals surface area contributed by atoms with Crippen LogP contribution in [0.5, 0.6) is 0 Å². The van der Waals surface area contributed by atoms with Crippen molar-refractivity contribution in [2.45, 2.75) is 44.6 Å². The molecule has 0 unspecified atom stereocenters. The van der Waals surface area contributed by atoms with Gasteiger partial charge < -0.3 is 10.4 Å². The first-order valence-corrected chi connectivity index (χ1v) is 7.43. The lowest BCUT2D eigenvalue weighted by Crippen LogP contribution is -2.57. The third-order valence-corrected chi connectivity index (χ3v) is 4.22. The summed E-state index contributed by atoms with van der Waals surface area (Å²) < 4.78 is 0. The van der Waals surface area contributed by atoms with Crippen molar-refractivity contribution in [1.29, 1.82) is 0 Å². The first kappa shape index (κ1) is 15.4. The highest BCUT2D eigenvalue weighted by Gasteiger charge is 2.37. The predicted octanol–water partition coefficient (Wildman–Crippen LogP) is 3.01. The van der Waals surface area contributed by atoms with Crippen LogP contribution in [0.4, 0.5) is 10.5 Å². The van der Waals surface area contributed by atoms with E-state index < -0.39 is 5.97 Å². The van der Waals surface area contributed by atoms with E-state index in [0.29, 0.717) is 0 Å². The highest BCUT2D eigenvalue weighted by Crippen LogP contribution is 2.35. The number of nitrogens with one attached hydrogen (secondary N) is 1. The van der Waals surface area contributed by atoms with E-state index in [0.717, 1.165) is 31.4 Å². The second-order valence-electron chi connectivity index (χ2n) is 5.55. The van der Waals surface area contributed by atoms with E-state index in [2.05, 4.69) is 12.2 Å². The molecular weight excluding hydrogens is 268 g/mol. The molecule has 114 valence electrons. The Morgan fingerprint density at radius 3 is 2.43 bits per heavy atom. The summed E-state index contributed by atoms with van der Waals surface area (Å²) in [6.45, 7) is 2.24. The minimum absolute atomic E-state index is 0.0680. The second kappa shape index (κ2) is 6.61. The van der Waals surface area contributed by atoms with Crippen molar-refractivity contribution >= 4 is 17.7 Å². The minimum Gasteiger partial charge on any atom is -0.481 e. The van der Waals surface area contributed by atoms with Gasteiger partial charge in [0.2, 0.25) is 0 Å². The van der Waals surface area contributed by atoms with E-state index in [-0.39, 0.29) is 24.5 Å². The van der Waals surface area contributed by atoms with Crippen molar-refractivity contribution in [2.24, 2.45) is 0 Å². The smallest absolute Gasteiger partial charge is 0.322 e. The van der Waals surface area contributed by atoms with Gasteiger partial charge in [0, 0.05) is 17.8 Å². The van der Waals surface area contributed by atoms with Gasteiger partial charge in [0.25, 0.3) is 0 Å². The Balaban J connectivity index is 2.10. The summed E-state index contributed by atoms with van der Waals surface area (Å²) in [7, 11) is 0. The Hall–Kier alpha value is -2.04. The summed E-state index contributed by atoms with van der Waals surface area (Å²) in [5.74, 6) is -0.905. The molecule has 2 rings (SSSR count). The largest absolute Gasteiger partial charge is 0.481 e. The van der Waals surface area contributed by atoms with Crippen molar-refractivity contribution in [2.75, 3.05) is 11.4 Å². The second-order valence-corrected chi connectivity index (χ2v) is 5.55. The molecule has 5 heteroatoms. The normalized spacial score (nSPS) is 15.9. The zero-order valence-corrected chi connectivity index (χ0v) is 12.3. The lowest BCUT2D eigenvalue weighted by Gasteiger charge is -2.43. The molecule has 0 aliphatic heterocycles. The Labute approximate surface area is 125 Å². The fraction of sp³-hybridized carbons (Fsp3) is 0.500. The van der Waals surface area contributed by atoms with Gasteiger partial charge in [-0.05, 0) is 37.8 Å². The lowest BCUT2D eigenvalue weighted by molar-refractivity contribution is -0.136. The maximum atomic E-state index is 12.5. The predicted molar refractivity (Wildman–Crippen MR) is 81.4 cm³/mol. The van der Waals surface area contributed by atoms with Crippen LogP contribution >= 0.6 is 0 Å². The number of para-hydroxylation sites is 1. The topological polar surface area (TPSA) is 69.6 Å². The van der Waals surface area contributed by atoms with Crippen LogP contribution in [-0.2, 0) is 4.79 Å². The van der Waals surface area contributed by atoms with Crippen LogP contribution in [0.3, 0.4) is 0 Å². The average molecular weight is 290 g/mol. The van der Waals surface area contributed by atoms with E-state index >= 15 is 0 Å². The number of aliphatic carboxylic acids is 1. The molecule has 5 nitrogen and oxygen atoms in total. The molecule has 1 fully saturated rings. The molecule has 0 bridgehead atoms. The fourth-order valence-corrected chi connectivity index (χ4v) is 2.63. The molecule has 0 aromatic heterocycles. The Bertz CT molecular complexity index is 492. The van der Waals surface area contributed by atoms with E-state index in [1.807, 2.05) is 30.3 Å². The SMILES string of the molecule is CCC1(NC(=O)N(CCC(=O)O)c2ccccc2)CCC1. The molecule has 2 amide bonds. The summed E-state index contributed by atoms with van der Waals surface area (Å²) >= 11 is 0. The van der Waals surface area contributed by atoms with Crippen molar-refractivity contribution < 1.29 is 14.7 Å². The summed E-state index contributed by atoms with van der Waals surface area (Å²) in [6.07, 6.45) is 3.96. The number of hydrogen-bond acceptors (Lipinski definition) is 2. The highest BCUT2D eigenvalue weighted by atomic mass is 16.4. The van der Waals surface area contributed by atoms with Crippen LogP contribution in [0.25, 0.3) is 0 Å². The molecule has 0 atom stereocenters. The molecule has 21 heavy (non-hydrogen) atoms. The number of urea groups is 1. The molecule has 0 radical (unpaired) electrons. The summed E-state index contributed by atoms with van der Waals surface area (Å²) in [6, 6.07) is 8.99. The van der Waals surface area contributed by atoms with Crippen LogP contribution in [0, 0.1) is 0 Å². The van der Waals surface area contributed by atoms with Gasteiger partial charge >= 0.3 is 12.0 Å². The number of carboxylic acids is 1. The number of carbonyl (C=O) groups is 2. The van der Waals surface area contributed by atoms with Crippen molar-refractivity contribution in [1.82, 2.24) is 5.32 Å². The van der Waals surface area contributed by atoms with E-state index in [1.54, 1.807) is 0 Å². The lowest BCUT2D eigenvalue weighted by atomic mass is 9.75. The van der Waals surface area contributed by atoms with Gasteiger partial charge in [-0.1, -0.05) is 25.1 Å². The standard InChI is InChI=1S/C16H22N2O3/c1-2-16(10-6-11-16)17-15(21)18(12-9-14(19)20)13-7-4-3-5-8-13/h3-5,7-8H,2,6,9-12H2,1H3,(H,17,21)(H,19,20). The first-order valence-electron chi connectivity index (χ1n) is 7.43. The Morgan fingerprint density at radius 1 is 1.29 bits per heavy atom. The summed E-state index contributed by atoms with van der Waals surface area (Å²) in [4.78, 5) is 24.9. The molecule has 0 heterocycles. The number of carbonyl (C=O) groups excluding carboxylic acids is 1. The van der Waals surface area contributed by atoms with E-state index in [4.69, 9.17) is 5.11 Å². The van der Waals surface area contributed by atoms with Crippen LogP contribution < -0.4 is 10.2 Å². The van der Waals surface area contributed by atoms with Gasteiger partial charge in [-0.2, -0.15) is 0 Å². The Kier molecular flexibility index (Phi) is 4.83. The maximum absolute atomic E-state index is 12.5. The molecule has 1 saturated carbocycles. The summed E-state index contributed by atoms with van der Waals surface area (Å²) in [5.41, 5.74) is 0.620. The third kappa shape index (κ3) is 3.74. The molecule has 2 N–H and O–H groups in total. The van der Waals surface area contributed by atoms with Gasteiger partial charge in [-0.25, -0.2) is 4.79 Å². The quantitative estimate of drug-likeness (QED) is 0.846. The van der Waals surface area contributed by atoms with Crippen LogP contribution in [0.1, 0.15) is 39.0 Å². The molecule has 1 aliphatic rings. The molecule has 0 spiro atoms. The highest BCUT2D eigenvalue weighted by molar-refractivity contribution is 5.93. The van der Waals surface area contributed by atoms with Crippen molar-refractivity contribution in [3.05, 3.63) is 30.3 Å². The number of benzene rings is 1. The number of anilines is 1.